The fourth-order valence-corrected chi connectivity index (χ4v) is 1.86. The lowest BCUT2D eigenvalue weighted by Gasteiger charge is -2.30. The number of rotatable bonds is 4. The van der Waals surface area contributed by atoms with Crippen molar-refractivity contribution in [3.05, 3.63) is 29.8 Å². The van der Waals surface area contributed by atoms with E-state index in [-0.39, 0.29) is 11.3 Å². The third-order valence-electron chi connectivity index (χ3n) is 3.45. The average Bonchev–Trinajstić information content (AvgIpc) is 2.36. The van der Waals surface area contributed by atoms with Crippen LogP contribution in [0.15, 0.2) is 24.3 Å². The minimum atomic E-state index is -0.478. The fraction of sp³-hybridized carbons (Fsp3) is 0.562. The van der Waals surface area contributed by atoms with Crippen molar-refractivity contribution in [2.24, 2.45) is 11.1 Å². The van der Waals surface area contributed by atoms with E-state index in [4.69, 9.17) is 5.73 Å². The molecule has 1 aromatic carbocycles. The van der Waals surface area contributed by atoms with Crippen molar-refractivity contribution < 1.29 is 4.79 Å². The van der Waals surface area contributed by atoms with Gasteiger partial charge in [0.15, 0.2) is 0 Å². The molecule has 4 heteroatoms. The summed E-state index contributed by atoms with van der Waals surface area (Å²) in [7, 11) is 5.81. The number of nitrogens with zero attached hydrogens (tertiary/aromatic N) is 2. The van der Waals surface area contributed by atoms with Crippen molar-refractivity contribution in [2.75, 3.05) is 26.0 Å². The van der Waals surface area contributed by atoms with Crippen LogP contribution in [0.4, 0.5) is 5.69 Å². The minimum Gasteiger partial charge on any atom is -0.378 e. The molecule has 0 spiro atoms. The van der Waals surface area contributed by atoms with Gasteiger partial charge in [0.2, 0.25) is 5.91 Å². The van der Waals surface area contributed by atoms with Crippen LogP contribution in [0.3, 0.4) is 0 Å². The van der Waals surface area contributed by atoms with Gasteiger partial charge in [0.05, 0.1) is 6.04 Å². The predicted molar refractivity (Wildman–Crippen MR) is 84.7 cm³/mol. The second-order valence-corrected chi connectivity index (χ2v) is 6.60. The zero-order valence-corrected chi connectivity index (χ0v) is 13.5. The van der Waals surface area contributed by atoms with Crippen LogP contribution < -0.4 is 10.6 Å². The smallest absolute Gasteiger partial charge is 0.240 e. The van der Waals surface area contributed by atoms with Crippen LogP contribution in [0.5, 0.6) is 0 Å². The molecule has 1 rings (SSSR count). The molecule has 0 aliphatic carbocycles. The second-order valence-electron chi connectivity index (χ2n) is 6.60. The molecule has 0 aromatic heterocycles. The third kappa shape index (κ3) is 4.23. The molecule has 0 radical (unpaired) electrons. The highest BCUT2D eigenvalue weighted by Gasteiger charge is 2.29. The van der Waals surface area contributed by atoms with Gasteiger partial charge in [-0.25, -0.2) is 0 Å². The molecule has 1 aromatic rings. The molecular weight excluding hydrogens is 250 g/mol. The van der Waals surface area contributed by atoms with Crippen molar-refractivity contribution in [3.8, 4) is 0 Å². The molecule has 0 heterocycles. The van der Waals surface area contributed by atoms with Gasteiger partial charge in [-0.2, -0.15) is 0 Å². The maximum atomic E-state index is 12.3. The van der Waals surface area contributed by atoms with Gasteiger partial charge in [-0.1, -0.05) is 32.9 Å². The summed E-state index contributed by atoms with van der Waals surface area (Å²) >= 11 is 0. The van der Waals surface area contributed by atoms with Crippen LogP contribution in [0.25, 0.3) is 0 Å². The first-order valence-electron chi connectivity index (χ1n) is 6.89. The maximum Gasteiger partial charge on any atom is 0.240 e. The van der Waals surface area contributed by atoms with E-state index in [2.05, 4.69) is 12.1 Å². The summed E-state index contributed by atoms with van der Waals surface area (Å²) in [6.45, 7) is 6.52. The van der Waals surface area contributed by atoms with Gasteiger partial charge in [-0.3, -0.25) is 4.79 Å². The minimum absolute atomic E-state index is 0.0193. The molecule has 112 valence electrons. The van der Waals surface area contributed by atoms with Crippen molar-refractivity contribution >= 4 is 11.6 Å². The first-order chi connectivity index (χ1) is 9.12. The Hall–Kier alpha value is -1.55. The molecule has 2 N–H and O–H groups in total. The number of amides is 1. The Morgan fingerprint density at radius 2 is 1.65 bits per heavy atom. The molecule has 0 aliphatic heterocycles. The van der Waals surface area contributed by atoms with Crippen molar-refractivity contribution in [2.45, 2.75) is 33.4 Å². The molecule has 0 fully saturated rings. The Bertz CT molecular complexity index is 446. The van der Waals surface area contributed by atoms with Crippen molar-refractivity contribution in [3.63, 3.8) is 0 Å². The number of likely N-dealkylation sites (N-methyl/N-ethyl adjacent to an activating group) is 1. The van der Waals surface area contributed by atoms with Gasteiger partial charge in [0.1, 0.15) is 0 Å². The van der Waals surface area contributed by atoms with E-state index in [1.54, 1.807) is 11.9 Å². The maximum absolute atomic E-state index is 12.3. The fourth-order valence-electron chi connectivity index (χ4n) is 1.86. The van der Waals surface area contributed by atoms with Crippen LogP contribution in [0, 0.1) is 5.41 Å². The molecule has 20 heavy (non-hydrogen) atoms. The van der Waals surface area contributed by atoms with Crippen LogP contribution in [0.1, 0.15) is 26.3 Å². The van der Waals surface area contributed by atoms with Gasteiger partial charge < -0.3 is 15.5 Å². The van der Waals surface area contributed by atoms with Crippen LogP contribution in [-0.2, 0) is 11.3 Å². The second kappa shape index (κ2) is 6.27. The standard InChI is InChI=1S/C16H27N3O/c1-16(2,3)14(17)15(20)19(6)11-12-7-9-13(10-8-12)18(4)5/h7-10,14H,11,17H2,1-6H3/t14-/m1/s1. The number of nitrogens with two attached hydrogens (primary N) is 1. The lowest BCUT2D eigenvalue weighted by molar-refractivity contribution is -0.134. The molecule has 0 unspecified atom stereocenters. The van der Waals surface area contributed by atoms with Crippen molar-refractivity contribution in [1.29, 1.82) is 0 Å². The van der Waals surface area contributed by atoms with E-state index in [1.807, 2.05) is 51.9 Å². The van der Waals surface area contributed by atoms with Crippen LogP contribution >= 0.6 is 0 Å². The number of hydrogen-bond acceptors (Lipinski definition) is 3. The van der Waals surface area contributed by atoms with Crippen LogP contribution in [0.2, 0.25) is 0 Å². The summed E-state index contributed by atoms with van der Waals surface area (Å²) < 4.78 is 0. The molecule has 0 saturated heterocycles. The summed E-state index contributed by atoms with van der Waals surface area (Å²) in [6, 6.07) is 7.71. The predicted octanol–water partition coefficient (Wildman–Crippen LogP) is 2.08. The Kier molecular flexibility index (Phi) is 5.17. The molecule has 1 amide bonds. The Labute approximate surface area is 122 Å². The molecule has 0 saturated carbocycles. The third-order valence-corrected chi connectivity index (χ3v) is 3.45. The topological polar surface area (TPSA) is 49.6 Å². The molecule has 0 bridgehead atoms. The summed E-state index contributed by atoms with van der Waals surface area (Å²) in [5, 5.41) is 0. The largest absolute Gasteiger partial charge is 0.378 e. The molecular formula is C16H27N3O. The van der Waals surface area contributed by atoms with Gasteiger partial charge in [-0.15, -0.1) is 0 Å². The zero-order chi connectivity index (χ0) is 15.5. The first kappa shape index (κ1) is 16.5. The van der Waals surface area contributed by atoms with Gasteiger partial charge in [0.25, 0.3) is 0 Å². The van der Waals surface area contributed by atoms with E-state index < -0.39 is 6.04 Å². The molecule has 1 atom stereocenters. The first-order valence-corrected chi connectivity index (χ1v) is 6.89. The highest BCUT2D eigenvalue weighted by molar-refractivity contribution is 5.82. The summed E-state index contributed by atoms with van der Waals surface area (Å²) in [6.07, 6.45) is 0. The molecule has 0 aliphatic rings. The van der Waals surface area contributed by atoms with E-state index in [0.29, 0.717) is 6.54 Å². The number of carbonyl (C=O) groups is 1. The Balaban J connectivity index is 2.71. The van der Waals surface area contributed by atoms with E-state index in [9.17, 15) is 4.79 Å². The van der Waals surface area contributed by atoms with Gasteiger partial charge in [-0.05, 0) is 23.1 Å². The van der Waals surface area contributed by atoms with Crippen LogP contribution in [-0.4, -0.2) is 38.0 Å². The van der Waals surface area contributed by atoms with E-state index in [1.165, 1.54) is 0 Å². The zero-order valence-electron chi connectivity index (χ0n) is 13.5. The normalized spacial score (nSPS) is 12.9. The number of anilines is 1. The van der Waals surface area contributed by atoms with Gasteiger partial charge >= 0.3 is 0 Å². The Morgan fingerprint density at radius 1 is 1.15 bits per heavy atom. The summed E-state index contributed by atoms with van der Waals surface area (Å²) in [5.74, 6) is -0.0193. The SMILES string of the molecule is CN(Cc1ccc(N(C)C)cc1)C(=O)[C@@H](N)C(C)(C)C. The quantitative estimate of drug-likeness (QED) is 0.916. The summed E-state index contributed by atoms with van der Waals surface area (Å²) in [5.41, 5.74) is 8.04. The average molecular weight is 277 g/mol. The number of hydrogen-bond donors (Lipinski definition) is 1. The van der Waals surface area contributed by atoms with E-state index >= 15 is 0 Å². The van der Waals surface area contributed by atoms with Crippen molar-refractivity contribution in [1.82, 2.24) is 4.90 Å². The summed E-state index contributed by atoms with van der Waals surface area (Å²) in [4.78, 5) is 16.0. The monoisotopic (exact) mass is 277 g/mol. The van der Waals surface area contributed by atoms with Gasteiger partial charge in [0, 0.05) is 33.4 Å². The lowest BCUT2D eigenvalue weighted by atomic mass is 9.86. The molecule has 4 nitrogen and oxygen atoms in total. The highest BCUT2D eigenvalue weighted by Crippen LogP contribution is 2.20. The lowest BCUT2D eigenvalue weighted by Crippen LogP contribution is -2.48. The Morgan fingerprint density at radius 3 is 2.05 bits per heavy atom. The number of carbonyl (C=O) groups excluding carboxylic acids is 1. The van der Waals surface area contributed by atoms with E-state index in [0.717, 1.165) is 11.3 Å². The number of benzene rings is 1. The highest BCUT2D eigenvalue weighted by atomic mass is 16.2.